The number of nitrogens with two attached hydrogens (primary N) is 1. The topological polar surface area (TPSA) is 83.6 Å². The molecule has 0 heterocycles. The van der Waals surface area contributed by atoms with Gasteiger partial charge in [0.2, 0.25) is 0 Å². The number of rotatable bonds is 2. The summed E-state index contributed by atoms with van der Waals surface area (Å²) < 4.78 is 9.74. The zero-order valence-corrected chi connectivity index (χ0v) is 7.35. The summed E-state index contributed by atoms with van der Waals surface area (Å²) in [6, 6.07) is 0. The number of hydrogen-bond acceptors (Lipinski definition) is 3. The van der Waals surface area contributed by atoms with Crippen LogP contribution in [-0.4, -0.2) is 28.3 Å². The Kier molecular flexibility index (Phi) is 12.0. The first-order valence-corrected chi connectivity index (χ1v) is 4.51. The quantitative estimate of drug-likeness (QED) is 0.428. The predicted octanol–water partition coefficient (Wildman–Crippen LogP) is 0.243. The van der Waals surface area contributed by atoms with Crippen LogP contribution in [0.25, 0.3) is 0 Å². The van der Waals surface area contributed by atoms with Crippen LogP contribution < -0.4 is 5.73 Å². The number of alkyl halides is 1. The second-order valence-corrected chi connectivity index (χ2v) is 2.86. The summed E-state index contributed by atoms with van der Waals surface area (Å²) in [5.41, 5.74) is 4.85. The van der Waals surface area contributed by atoms with Crippen molar-refractivity contribution < 1.29 is 14.6 Å². The van der Waals surface area contributed by atoms with Crippen molar-refractivity contribution in [3.8, 4) is 0 Å². The first kappa shape index (κ1) is 12.9. The molecule has 0 aromatic carbocycles. The SMILES string of the molecule is CCN.O=[P+](O)C(O)CCl. The van der Waals surface area contributed by atoms with E-state index in [2.05, 4.69) is 0 Å². The summed E-state index contributed by atoms with van der Waals surface area (Å²) >= 11 is 4.95. The van der Waals surface area contributed by atoms with E-state index >= 15 is 0 Å². The van der Waals surface area contributed by atoms with Crippen LogP contribution in [0, 0.1) is 0 Å². The van der Waals surface area contributed by atoms with Crippen molar-refractivity contribution in [2.75, 3.05) is 12.4 Å². The molecule has 0 amide bonds. The van der Waals surface area contributed by atoms with Gasteiger partial charge in [-0.15, -0.1) is 11.6 Å². The van der Waals surface area contributed by atoms with Gasteiger partial charge in [-0.1, -0.05) is 6.92 Å². The maximum absolute atomic E-state index is 9.74. The van der Waals surface area contributed by atoms with Gasteiger partial charge in [0.05, 0.1) is 5.88 Å². The Bertz CT molecular complexity index is 92.6. The first-order chi connectivity index (χ1) is 4.59. The van der Waals surface area contributed by atoms with Gasteiger partial charge in [-0.05, 0) is 11.1 Å². The van der Waals surface area contributed by atoms with Crippen molar-refractivity contribution in [2.45, 2.75) is 12.8 Å². The smallest absolute Gasteiger partial charge is 0.348 e. The summed E-state index contributed by atoms with van der Waals surface area (Å²) in [5, 5.41) is 8.27. The molecule has 0 aromatic rings. The fraction of sp³-hybridized carbons (Fsp3) is 1.00. The van der Waals surface area contributed by atoms with Gasteiger partial charge < -0.3 is 10.8 Å². The molecule has 0 rings (SSSR count). The van der Waals surface area contributed by atoms with Crippen LogP contribution in [0.2, 0.25) is 0 Å². The fourth-order valence-corrected chi connectivity index (χ4v) is 0.531. The van der Waals surface area contributed by atoms with Crippen molar-refractivity contribution in [1.29, 1.82) is 0 Å². The zero-order chi connectivity index (χ0) is 8.57. The van der Waals surface area contributed by atoms with Crippen LogP contribution in [0.5, 0.6) is 0 Å². The monoisotopic (exact) mass is 188 g/mol. The van der Waals surface area contributed by atoms with Crippen LogP contribution in [0.3, 0.4) is 0 Å². The molecule has 0 bridgehead atoms. The fourth-order valence-electron chi connectivity index (χ4n) is 0.0590. The molecule has 2 unspecified atom stereocenters. The summed E-state index contributed by atoms with van der Waals surface area (Å²) in [5.74, 6) is -1.46. The molecule has 62 valence electrons. The molecule has 4 N–H and O–H groups in total. The van der Waals surface area contributed by atoms with E-state index in [1.807, 2.05) is 6.92 Å². The Labute approximate surface area is 65.9 Å². The molecule has 0 saturated carbocycles. The molecule has 10 heavy (non-hydrogen) atoms. The highest BCUT2D eigenvalue weighted by Crippen LogP contribution is 2.19. The minimum Gasteiger partial charge on any atom is -0.348 e. The highest BCUT2D eigenvalue weighted by molar-refractivity contribution is 7.38. The highest BCUT2D eigenvalue weighted by atomic mass is 35.5. The normalized spacial score (nSPS) is 13.1. The Morgan fingerprint density at radius 3 is 2.10 bits per heavy atom. The van der Waals surface area contributed by atoms with Gasteiger partial charge in [-0.3, -0.25) is 0 Å². The Hall–Kier alpha value is 0.270. The second-order valence-electron chi connectivity index (χ2n) is 1.35. The lowest BCUT2D eigenvalue weighted by Gasteiger charge is -1.82. The van der Waals surface area contributed by atoms with Gasteiger partial charge in [-0.2, -0.15) is 4.89 Å². The molecule has 6 heteroatoms. The van der Waals surface area contributed by atoms with Crippen molar-refractivity contribution in [1.82, 2.24) is 0 Å². The molecular formula is C4H12ClNO3P+. The average molecular weight is 189 g/mol. The van der Waals surface area contributed by atoms with Gasteiger partial charge in [0.25, 0.3) is 5.85 Å². The van der Waals surface area contributed by atoms with Gasteiger partial charge in [0, 0.05) is 0 Å². The maximum Gasteiger partial charge on any atom is 0.538 e. The van der Waals surface area contributed by atoms with Crippen LogP contribution in [0.15, 0.2) is 0 Å². The molecule has 0 aliphatic heterocycles. The van der Waals surface area contributed by atoms with E-state index in [1.165, 1.54) is 0 Å². The molecule has 0 aromatic heterocycles. The van der Waals surface area contributed by atoms with E-state index in [-0.39, 0.29) is 5.88 Å². The Morgan fingerprint density at radius 2 is 2.10 bits per heavy atom. The third-order valence-electron chi connectivity index (χ3n) is 0.393. The van der Waals surface area contributed by atoms with Crippen molar-refractivity contribution in [3.05, 3.63) is 0 Å². The molecule has 0 saturated heterocycles. The summed E-state index contributed by atoms with van der Waals surface area (Å²) in [6.45, 7) is 2.65. The highest BCUT2D eigenvalue weighted by Gasteiger charge is 2.23. The van der Waals surface area contributed by atoms with Gasteiger partial charge in [-0.25, -0.2) is 0 Å². The molecule has 4 nitrogen and oxygen atoms in total. The summed E-state index contributed by atoms with van der Waals surface area (Å²) in [6.07, 6.45) is 0. The standard InChI is InChI=1S/C2H4ClO3P.C2H7N/c3-1-2(4)7(5)6;1-2-3/h2,4H,1H2;2-3H2,1H3/p+1. The van der Waals surface area contributed by atoms with Crippen LogP contribution in [0.4, 0.5) is 0 Å². The minimum atomic E-state index is -2.49. The third-order valence-corrected chi connectivity index (χ3v) is 1.59. The number of halogens is 1. The van der Waals surface area contributed by atoms with E-state index in [0.29, 0.717) is 0 Å². The predicted molar refractivity (Wildman–Crippen MR) is 41.3 cm³/mol. The second kappa shape index (κ2) is 9.27. The number of aliphatic hydroxyl groups is 1. The van der Waals surface area contributed by atoms with Gasteiger partial charge >= 0.3 is 8.03 Å². The van der Waals surface area contributed by atoms with Crippen LogP contribution in [0.1, 0.15) is 6.92 Å². The molecule has 0 aliphatic carbocycles. The molecule has 0 spiro atoms. The third kappa shape index (κ3) is 11.1. The largest absolute Gasteiger partial charge is 0.538 e. The van der Waals surface area contributed by atoms with Crippen molar-refractivity contribution in [3.63, 3.8) is 0 Å². The number of aliphatic hydroxyl groups excluding tert-OH is 1. The molecule has 0 fully saturated rings. The lowest BCUT2D eigenvalue weighted by atomic mass is 10.8. The summed E-state index contributed by atoms with van der Waals surface area (Å²) in [4.78, 5) is 8.00. The minimum absolute atomic E-state index is 0.189. The molecule has 0 radical (unpaired) electrons. The zero-order valence-electron chi connectivity index (χ0n) is 5.70. The molecule has 0 aliphatic rings. The molecular weight excluding hydrogens is 176 g/mol. The Balaban J connectivity index is 0. The Morgan fingerprint density at radius 1 is 1.80 bits per heavy atom. The first-order valence-electron chi connectivity index (χ1n) is 2.69. The average Bonchev–Trinajstić information content (AvgIpc) is 1.88. The number of hydrogen-bond donors (Lipinski definition) is 3. The van der Waals surface area contributed by atoms with Gasteiger partial charge in [0.1, 0.15) is 0 Å². The van der Waals surface area contributed by atoms with Crippen LogP contribution in [-0.2, 0) is 4.57 Å². The van der Waals surface area contributed by atoms with E-state index in [1.54, 1.807) is 0 Å². The van der Waals surface area contributed by atoms with E-state index < -0.39 is 13.9 Å². The van der Waals surface area contributed by atoms with Gasteiger partial charge in [0.15, 0.2) is 0 Å². The lowest BCUT2D eigenvalue weighted by Crippen LogP contribution is -1.99. The maximum atomic E-state index is 9.74. The van der Waals surface area contributed by atoms with E-state index in [9.17, 15) is 4.57 Å². The summed E-state index contributed by atoms with van der Waals surface area (Å²) in [7, 11) is -2.49. The van der Waals surface area contributed by atoms with Crippen LogP contribution >= 0.6 is 19.6 Å². The van der Waals surface area contributed by atoms with Crippen molar-refractivity contribution >= 4 is 19.6 Å². The van der Waals surface area contributed by atoms with E-state index in [0.717, 1.165) is 6.54 Å². The molecule has 2 atom stereocenters. The lowest BCUT2D eigenvalue weighted by molar-refractivity contribution is 0.259. The van der Waals surface area contributed by atoms with E-state index in [4.69, 9.17) is 27.3 Å². The van der Waals surface area contributed by atoms with Crippen molar-refractivity contribution in [2.24, 2.45) is 5.73 Å².